The van der Waals surface area contributed by atoms with Crippen LogP contribution in [-0.4, -0.2) is 22.8 Å². The van der Waals surface area contributed by atoms with Crippen LogP contribution >= 0.6 is 0 Å². The van der Waals surface area contributed by atoms with Crippen LogP contribution in [0.25, 0.3) is 0 Å². The number of carbonyl (C=O) groups is 1. The Labute approximate surface area is 75.1 Å². The number of ether oxygens (including phenoxy) is 1. The number of aromatic amines is 2. The van der Waals surface area contributed by atoms with Gasteiger partial charge < -0.3 is 4.74 Å². The molecule has 0 unspecified atom stereocenters. The Hall–Kier alpha value is -1.52. The average Bonchev–Trinajstić information content (AvgIpc) is 2.47. The van der Waals surface area contributed by atoms with Crippen LogP contribution < -0.4 is 5.56 Å². The van der Waals surface area contributed by atoms with Crippen LogP contribution in [0.4, 0.5) is 0 Å². The predicted molar refractivity (Wildman–Crippen MR) is 46.7 cm³/mol. The first-order chi connectivity index (χ1) is 6.20. The molecule has 0 saturated carbocycles. The van der Waals surface area contributed by atoms with Crippen LogP contribution in [0.5, 0.6) is 0 Å². The molecular weight excluding hydrogens is 172 g/mol. The van der Waals surface area contributed by atoms with Gasteiger partial charge in [-0.15, -0.1) is 0 Å². The van der Waals surface area contributed by atoms with E-state index in [1.807, 2.05) is 0 Å². The highest BCUT2D eigenvalue weighted by atomic mass is 16.5. The molecule has 2 N–H and O–H groups in total. The van der Waals surface area contributed by atoms with Gasteiger partial charge in [0, 0.05) is 0 Å². The van der Waals surface area contributed by atoms with E-state index in [1.165, 1.54) is 0 Å². The van der Waals surface area contributed by atoms with Gasteiger partial charge in [-0.05, 0) is 13.3 Å². The Balaban J connectivity index is 3.00. The second kappa shape index (κ2) is 3.93. The van der Waals surface area contributed by atoms with Gasteiger partial charge in [-0.1, -0.05) is 6.92 Å². The quantitative estimate of drug-likeness (QED) is 0.669. The first-order valence-corrected chi connectivity index (χ1v) is 4.17. The molecule has 0 amide bonds. The maximum Gasteiger partial charge on any atom is 0.356 e. The van der Waals surface area contributed by atoms with Gasteiger partial charge in [-0.25, -0.2) is 4.79 Å². The number of esters is 1. The number of carbonyl (C=O) groups excluding carboxylic acids is 1. The lowest BCUT2D eigenvalue weighted by atomic mass is 10.2. The van der Waals surface area contributed by atoms with E-state index in [-0.39, 0.29) is 11.3 Å². The maximum absolute atomic E-state index is 11.2. The number of hydrogen-bond acceptors (Lipinski definition) is 3. The summed E-state index contributed by atoms with van der Waals surface area (Å²) in [6.45, 7) is 3.82. The van der Waals surface area contributed by atoms with Gasteiger partial charge in [0.1, 0.15) is 5.69 Å². The van der Waals surface area contributed by atoms with Gasteiger partial charge in [0.05, 0.1) is 12.2 Å². The Bertz CT molecular complexity index is 351. The molecule has 5 heteroatoms. The normalized spacial score (nSPS) is 10.0. The molecule has 0 aliphatic rings. The van der Waals surface area contributed by atoms with Crippen molar-refractivity contribution in [3.63, 3.8) is 0 Å². The largest absolute Gasteiger partial charge is 0.461 e. The van der Waals surface area contributed by atoms with Gasteiger partial charge in [0.15, 0.2) is 0 Å². The molecule has 0 fully saturated rings. The third kappa shape index (κ3) is 1.80. The monoisotopic (exact) mass is 184 g/mol. The van der Waals surface area contributed by atoms with Gasteiger partial charge in [-0.2, -0.15) is 0 Å². The summed E-state index contributed by atoms with van der Waals surface area (Å²) in [5, 5.41) is 4.84. The van der Waals surface area contributed by atoms with Gasteiger partial charge in [0.25, 0.3) is 5.56 Å². The predicted octanol–water partition coefficient (Wildman–Crippen LogP) is 0.442. The fourth-order valence-electron chi connectivity index (χ4n) is 1.10. The molecule has 13 heavy (non-hydrogen) atoms. The Morgan fingerprint density at radius 2 is 2.08 bits per heavy atom. The number of hydrogen-bond donors (Lipinski definition) is 2. The summed E-state index contributed by atoms with van der Waals surface area (Å²) in [7, 11) is 0. The molecule has 0 aromatic carbocycles. The highest BCUT2D eigenvalue weighted by molar-refractivity contribution is 5.88. The molecule has 5 nitrogen and oxygen atoms in total. The van der Waals surface area contributed by atoms with E-state index in [9.17, 15) is 9.59 Å². The third-order valence-electron chi connectivity index (χ3n) is 1.71. The summed E-state index contributed by atoms with van der Waals surface area (Å²) in [5.74, 6) is -0.488. The minimum absolute atomic E-state index is 0.231. The van der Waals surface area contributed by atoms with Gasteiger partial charge in [-0.3, -0.25) is 15.0 Å². The standard InChI is InChI=1S/C8H12N2O3/c1-3-5-6(8(12)13-4-2)9-10-7(5)11/h3-4H2,1-2H3,(H2,9,10,11). The van der Waals surface area contributed by atoms with Crippen LogP contribution in [0.1, 0.15) is 29.9 Å². The van der Waals surface area contributed by atoms with Crippen molar-refractivity contribution in [1.29, 1.82) is 0 Å². The van der Waals surface area contributed by atoms with E-state index in [0.29, 0.717) is 18.6 Å². The Morgan fingerprint density at radius 1 is 1.38 bits per heavy atom. The van der Waals surface area contributed by atoms with Crippen molar-refractivity contribution < 1.29 is 9.53 Å². The smallest absolute Gasteiger partial charge is 0.356 e. The first-order valence-electron chi connectivity index (χ1n) is 4.17. The molecule has 0 spiro atoms. The fourth-order valence-corrected chi connectivity index (χ4v) is 1.10. The third-order valence-corrected chi connectivity index (χ3v) is 1.71. The van der Waals surface area contributed by atoms with E-state index in [4.69, 9.17) is 4.74 Å². The zero-order valence-corrected chi connectivity index (χ0v) is 7.64. The van der Waals surface area contributed by atoms with Crippen LogP contribution in [0.3, 0.4) is 0 Å². The molecule has 0 aliphatic heterocycles. The van der Waals surface area contributed by atoms with Crippen molar-refractivity contribution >= 4 is 5.97 Å². The average molecular weight is 184 g/mol. The first kappa shape index (κ1) is 9.57. The number of H-pyrrole nitrogens is 2. The lowest BCUT2D eigenvalue weighted by Gasteiger charge is -1.99. The van der Waals surface area contributed by atoms with E-state index in [1.54, 1.807) is 13.8 Å². The van der Waals surface area contributed by atoms with E-state index >= 15 is 0 Å². The lowest BCUT2D eigenvalue weighted by Crippen LogP contribution is -2.11. The minimum Gasteiger partial charge on any atom is -0.461 e. The molecule has 72 valence electrons. The van der Waals surface area contributed by atoms with Crippen LogP contribution in [0.15, 0.2) is 4.79 Å². The van der Waals surface area contributed by atoms with E-state index in [2.05, 4.69) is 10.2 Å². The highest BCUT2D eigenvalue weighted by Gasteiger charge is 2.15. The van der Waals surface area contributed by atoms with Crippen molar-refractivity contribution in [3.05, 3.63) is 21.6 Å². The molecule has 1 aromatic rings. The summed E-state index contributed by atoms with van der Waals surface area (Å²) in [5.41, 5.74) is 0.415. The zero-order chi connectivity index (χ0) is 9.84. The number of rotatable bonds is 3. The summed E-state index contributed by atoms with van der Waals surface area (Å²) in [4.78, 5) is 22.3. The highest BCUT2D eigenvalue weighted by Crippen LogP contribution is 2.02. The molecule has 0 atom stereocenters. The molecule has 0 radical (unpaired) electrons. The fraction of sp³-hybridized carbons (Fsp3) is 0.500. The zero-order valence-electron chi connectivity index (χ0n) is 7.64. The second-order valence-electron chi connectivity index (χ2n) is 2.51. The van der Waals surface area contributed by atoms with E-state index < -0.39 is 5.97 Å². The van der Waals surface area contributed by atoms with E-state index in [0.717, 1.165) is 0 Å². The topological polar surface area (TPSA) is 75.0 Å². The maximum atomic E-state index is 11.2. The van der Waals surface area contributed by atoms with Crippen molar-refractivity contribution in [2.24, 2.45) is 0 Å². The van der Waals surface area contributed by atoms with Crippen molar-refractivity contribution in [2.75, 3.05) is 6.61 Å². The Morgan fingerprint density at radius 3 is 2.62 bits per heavy atom. The Kier molecular flexibility index (Phi) is 2.89. The molecule has 1 aromatic heterocycles. The van der Waals surface area contributed by atoms with Crippen LogP contribution in [0.2, 0.25) is 0 Å². The minimum atomic E-state index is -0.488. The summed E-state index contributed by atoms with van der Waals surface area (Å²) in [6.07, 6.45) is 0.507. The SMILES string of the molecule is CCOC(=O)c1[nH][nH]c(=O)c1CC. The molecule has 1 heterocycles. The van der Waals surface area contributed by atoms with Crippen molar-refractivity contribution in [2.45, 2.75) is 20.3 Å². The second-order valence-corrected chi connectivity index (χ2v) is 2.51. The molecule has 0 saturated heterocycles. The number of nitrogens with one attached hydrogen (secondary N) is 2. The van der Waals surface area contributed by atoms with Crippen LogP contribution in [0, 0.1) is 0 Å². The van der Waals surface area contributed by atoms with Crippen molar-refractivity contribution in [1.82, 2.24) is 10.2 Å². The summed E-state index contributed by atoms with van der Waals surface area (Å²) >= 11 is 0. The molecule has 1 rings (SSSR count). The molecule has 0 aliphatic carbocycles. The van der Waals surface area contributed by atoms with Gasteiger partial charge >= 0.3 is 5.97 Å². The number of aromatic nitrogens is 2. The van der Waals surface area contributed by atoms with Crippen LogP contribution in [-0.2, 0) is 11.2 Å². The van der Waals surface area contributed by atoms with Crippen molar-refractivity contribution in [3.8, 4) is 0 Å². The summed E-state index contributed by atoms with van der Waals surface area (Å²) in [6, 6.07) is 0. The molecular formula is C8H12N2O3. The lowest BCUT2D eigenvalue weighted by molar-refractivity contribution is 0.0518. The summed E-state index contributed by atoms with van der Waals surface area (Å²) < 4.78 is 4.75. The van der Waals surface area contributed by atoms with Gasteiger partial charge in [0.2, 0.25) is 0 Å². The molecule has 0 bridgehead atoms.